The normalized spacial score (nSPS) is 17.9. The number of carbonyl (C=O) groups excluding carboxylic acids is 1. The Kier molecular flexibility index (Phi) is 6.14. The van der Waals surface area contributed by atoms with Gasteiger partial charge >= 0.3 is 0 Å². The van der Waals surface area contributed by atoms with Crippen LogP contribution in [0.3, 0.4) is 0 Å². The molecule has 1 saturated heterocycles. The van der Waals surface area contributed by atoms with Gasteiger partial charge in [-0.25, -0.2) is 0 Å². The van der Waals surface area contributed by atoms with Crippen LogP contribution < -0.4 is 9.47 Å². The van der Waals surface area contributed by atoms with Crippen LogP contribution in [0.5, 0.6) is 11.5 Å². The summed E-state index contributed by atoms with van der Waals surface area (Å²) < 4.78 is 10.6. The number of piperazine rings is 1. The summed E-state index contributed by atoms with van der Waals surface area (Å²) in [6.07, 6.45) is 3.47. The van der Waals surface area contributed by atoms with Gasteiger partial charge in [-0.15, -0.1) is 0 Å². The molecular weight excluding hydrogens is 340 g/mol. The SMILES string of the molecule is COc1ccc(/C=C/C(=O)N2CCN(C)CC2c2ccccc2)cc1OC. The van der Waals surface area contributed by atoms with Gasteiger partial charge in [-0.05, 0) is 36.4 Å². The number of methoxy groups -OCH3 is 2. The smallest absolute Gasteiger partial charge is 0.247 e. The molecule has 1 aliphatic rings. The maximum absolute atomic E-state index is 12.9. The zero-order valence-electron chi connectivity index (χ0n) is 16.1. The molecule has 27 heavy (non-hydrogen) atoms. The Bertz CT molecular complexity index is 804. The first-order chi connectivity index (χ1) is 13.1. The van der Waals surface area contributed by atoms with Gasteiger partial charge in [-0.3, -0.25) is 4.79 Å². The number of amides is 1. The lowest BCUT2D eigenvalue weighted by atomic mass is 10.0. The lowest BCUT2D eigenvalue weighted by molar-refractivity contribution is -0.130. The minimum atomic E-state index is 0.0201. The van der Waals surface area contributed by atoms with E-state index >= 15 is 0 Å². The molecule has 2 aromatic rings. The average Bonchev–Trinajstić information content (AvgIpc) is 2.72. The van der Waals surface area contributed by atoms with E-state index in [-0.39, 0.29) is 11.9 Å². The lowest BCUT2D eigenvalue weighted by Crippen LogP contribution is -2.48. The Labute approximate surface area is 160 Å². The summed E-state index contributed by atoms with van der Waals surface area (Å²) in [5.41, 5.74) is 2.06. The molecule has 142 valence electrons. The summed E-state index contributed by atoms with van der Waals surface area (Å²) in [5, 5.41) is 0. The number of hydrogen-bond donors (Lipinski definition) is 0. The molecule has 0 spiro atoms. The third-order valence-corrected chi connectivity index (χ3v) is 4.88. The van der Waals surface area contributed by atoms with Crippen LogP contribution in [0, 0.1) is 0 Å². The number of ether oxygens (including phenoxy) is 2. The van der Waals surface area contributed by atoms with E-state index in [1.54, 1.807) is 20.3 Å². The molecule has 3 rings (SSSR count). The molecule has 0 bridgehead atoms. The van der Waals surface area contributed by atoms with Gasteiger partial charge in [0.2, 0.25) is 5.91 Å². The second-order valence-electron chi connectivity index (χ2n) is 6.67. The highest BCUT2D eigenvalue weighted by Crippen LogP contribution is 2.28. The summed E-state index contributed by atoms with van der Waals surface area (Å²) in [5.74, 6) is 1.34. The molecule has 1 aliphatic heterocycles. The molecule has 5 nitrogen and oxygen atoms in total. The molecule has 5 heteroatoms. The van der Waals surface area contributed by atoms with Gasteiger partial charge in [0.1, 0.15) is 0 Å². The van der Waals surface area contributed by atoms with Crippen molar-refractivity contribution in [3.63, 3.8) is 0 Å². The fourth-order valence-electron chi connectivity index (χ4n) is 3.36. The van der Waals surface area contributed by atoms with Crippen molar-refractivity contribution < 1.29 is 14.3 Å². The number of carbonyl (C=O) groups is 1. The van der Waals surface area contributed by atoms with Crippen molar-refractivity contribution in [1.82, 2.24) is 9.80 Å². The van der Waals surface area contributed by atoms with Crippen LogP contribution in [0.25, 0.3) is 6.08 Å². The number of rotatable bonds is 5. The molecule has 1 amide bonds. The maximum atomic E-state index is 12.9. The minimum Gasteiger partial charge on any atom is -0.493 e. The van der Waals surface area contributed by atoms with Crippen molar-refractivity contribution in [2.75, 3.05) is 40.9 Å². The third-order valence-electron chi connectivity index (χ3n) is 4.88. The Hall–Kier alpha value is -2.79. The maximum Gasteiger partial charge on any atom is 0.247 e. The van der Waals surface area contributed by atoms with Crippen molar-refractivity contribution in [2.24, 2.45) is 0 Å². The molecule has 0 aromatic heterocycles. The molecular formula is C22H26N2O3. The highest BCUT2D eigenvalue weighted by atomic mass is 16.5. The number of benzene rings is 2. The monoisotopic (exact) mass is 366 g/mol. The molecule has 1 heterocycles. The third kappa shape index (κ3) is 4.49. The number of likely N-dealkylation sites (N-methyl/N-ethyl adjacent to an activating group) is 1. The fraction of sp³-hybridized carbons (Fsp3) is 0.318. The second-order valence-corrected chi connectivity index (χ2v) is 6.67. The van der Waals surface area contributed by atoms with E-state index in [0.717, 1.165) is 24.2 Å². The van der Waals surface area contributed by atoms with Gasteiger partial charge in [0.25, 0.3) is 0 Å². The Balaban J connectivity index is 1.78. The topological polar surface area (TPSA) is 42.0 Å². The molecule has 0 saturated carbocycles. The van der Waals surface area contributed by atoms with Crippen LogP contribution in [0.15, 0.2) is 54.6 Å². The van der Waals surface area contributed by atoms with Crippen molar-refractivity contribution >= 4 is 12.0 Å². The van der Waals surface area contributed by atoms with E-state index in [1.165, 1.54) is 0 Å². The summed E-state index contributed by atoms with van der Waals surface area (Å²) in [4.78, 5) is 17.1. The molecule has 0 radical (unpaired) electrons. The van der Waals surface area contributed by atoms with Gasteiger partial charge < -0.3 is 19.3 Å². The van der Waals surface area contributed by atoms with Crippen LogP contribution >= 0.6 is 0 Å². The molecule has 1 fully saturated rings. The van der Waals surface area contributed by atoms with Crippen molar-refractivity contribution in [1.29, 1.82) is 0 Å². The largest absolute Gasteiger partial charge is 0.493 e. The molecule has 0 N–H and O–H groups in total. The zero-order chi connectivity index (χ0) is 19.2. The van der Waals surface area contributed by atoms with Gasteiger partial charge in [-0.2, -0.15) is 0 Å². The predicted octanol–water partition coefficient (Wildman–Crippen LogP) is 3.23. The standard InChI is InChI=1S/C22H26N2O3/c1-23-13-14-24(19(16-23)18-7-5-4-6-8-18)22(25)12-10-17-9-11-20(26-2)21(15-17)27-3/h4-12,15,19H,13-14,16H2,1-3H3/b12-10+. The van der Waals surface area contributed by atoms with E-state index in [1.807, 2.05) is 47.4 Å². The number of hydrogen-bond acceptors (Lipinski definition) is 4. The quantitative estimate of drug-likeness (QED) is 0.762. The van der Waals surface area contributed by atoms with Crippen LogP contribution in [-0.2, 0) is 4.79 Å². The van der Waals surface area contributed by atoms with Gasteiger partial charge in [0.15, 0.2) is 11.5 Å². The summed E-state index contributed by atoms with van der Waals surface area (Å²) in [6.45, 7) is 2.42. The minimum absolute atomic E-state index is 0.0201. The Morgan fingerprint density at radius 1 is 1.04 bits per heavy atom. The van der Waals surface area contributed by atoms with Crippen LogP contribution in [0.4, 0.5) is 0 Å². The first-order valence-corrected chi connectivity index (χ1v) is 9.06. The van der Waals surface area contributed by atoms with Crippen molar-refractivity contribution in [3.05, 3.63) is 65.7 Å². The predicted molar refractivity (Wildman–Crippen MR) is 107 cm³/mol. The van der Waals surface area contributed by atoms with Crippen molar-refractivity contribution in [2.45, 2.75) is 6.04 Å². The Morgan fingerprint density at radius 3 is 2.48 bits per heavy atom. The molecule has 0 aliphatic carbocycles. The van der Waals surface area contributed by atoms with Gasteiger partial charge in [0, 0.05) is 25.7 Å². The van der Waals surface area contributed by atoms with Crippen LogP contribution in [0.2, 0.25) is 0 Å². The molecule has 2 aromatic carbocycles. The summed E-state index contributed by atoms with van der Waals surface area (Å²) in [7, 11) is 5.30. The first-order valence-electron chi connectivity index (χ1n) is 9.06. The fourth-order valence-corrected chi connectivity index (χ4v) is 3.36. The molecule has 1 atom stereocenters. The highest BCUT2D eigenvalue weighted by Gasteiger charge is 2.28. The van der Waals surface area contributed by atoms with E-state index in [2.05, 4.69) is 24.1 Å². The van der Waals surface area contributed by atoms with Crippen LogP contribution in [0.1, 0.15) is 17.2 Å². The highest BCUT2D eigenvalue weighted by molar-refractivity contribution is 5.92. The van der Waals surface area contributed by atoms with E-state index in [4.69, 9.17) is 9.47 Å². The second kappa shape index (κ2) is 8.73. The van der Waals surface area contributed by atoms with Crippen LogP contribution in [-0.4, -0.2) is 56.6 Å². The lowest BCUT2D eigenvalue weighted by Gasteiger charge is -2.40. The zero-order valence-corrected chi connectivity index (χ0v) is 16.1. The summed E-state index contributed by atoms with van der Waals surface area (Å²) in [6, 6.07) is 15.9. The van der Waals surface area contributed by atoms with Gasteiger partial charge in [0.05, 0.1) is 20.3 Å². The van der Waals surface area contributed by atoms with E-state index in [0.29, 0.717) is 18.0 Å². The average molecular weight is 366 g/mol. The summed E-state index contributed by atoms with van der Waals surface area (Å²) >= 11 is 0. The Morgan fingerprint density at radius 2 is 1.78 bits per heavy atom. The molecule has 1 unspecified atom stereocenters. The number of nitrogens with zero attached hydrogens (tertiary/aromatic N) is 2. The van der Waals surface area contributed by atoms with Gasteiger partial charge in [-0.1, -0.05) is 36.4 Å². The van der Waals surface area contributed by atoms with Crippen molar-refractivity contribution in [3.8, 4) is 11.5 Å². The van der Waals surface area contributed by atoms with E-state index < -0.39 is 0 Å². The first kappa shape index (κ1) is 19.0. The van der Waals surface area contributed by atoms with E-state index in [9.17, 15) is 4.79 Å².